The minimum atomic E-state index is -0.510. The van der Waals surface area contributed by atoms with Gasteiger partial charge in [0.25, 0.3) is 0 Å². The third kappa shape index (κ3) is 5.44. The quantitative estimate of drug-likeness (QED) is 0.749. The van der Waals surface area contributed by atoms with Gasteiger partial charge in [-0.25, -0.2) is 4.39 Å². The van der Waals surface area contributed by atoms with Crippen molar-refractivity contribution in [2.45, 2.75) is 13.3 Å². The van der Waals surface area contributed by atoms with Gasteiger partial charge in [-0.15, -0.1) is 0 Å². The Kier molecular flexibility index (Phi) is 6.91. The summed E-state index contributed by atoms with van der Waals surface area (Å²) in [6.45, 7) is 1.84. The molecule has 0 heterocycles. The van der Waals surface area contributed by atoms with Crippen LogP contribution in [0.25, 0.3) is 6.08 Å². The van der Waals surface area contributed by atoms with E-state index in [4.69, 9.17) is 4.74 Å². The molecule has 136 valence electrons. The van der Waals surface area contributed by atoms with Crippen molar-refractivity contribution in [1.29, 1.82) is 0 Å². The van der Waals surface area contributed by atoms with E-state index in [0.29, 0.717) is 5.56 Å². The highest BCUT2D eigenvalue weighted by Crippen LogP contribution is 2.18. The maximum absolute atomic E-state index is 13.6. The van der Waals surface area contributed by atoms with E-state index in [1.54, 1.807) is 6.07 Å². The number of hydrogen-bond donors (Lipinski definition) is 2. The van der Waals surface area contributed by atoms with Gasteiger partial charge in [0.15, 0.2) is 11.6 Å². The lowest BCUT2D eigenvalue weighted by Gasteiger charge is -2.09. The van der Waals surface area contributed by atoms with Crippen molar-refractivity contribution in [3.8, 4) is 5.75 Å². The topological polar surface area (TPSA) is 67.4 Å². The highest BCUT2D eigenvalue weighted by molar-refractivity contribution is 5.98. The van der Waals surface area contributed by atoms with Gasteiger partial charge in [-0.05, 0) is 41.8 Å². The summed E-state index contributed by atoms with van der Waals surface area (Å²) in [7, 11) is 1.38. The summed E-state index contributed by atoms with van der Waals surface area (Å²) in [5.74, 6) is -1.14. The third-order valence-electron chi connectivity index (χ3n) is 3.70. The van der Waals surface area contributed by atoms with E-state index < -0.39 is 11.7 Å². The molecule has 0 aliphatic heterocycles. The zero-order chi connectivity index (χ0) is 18.9. The zero-order valence-electron chi connectivity index (χ0n) is 14.7. The molecule has 0 radical (unpaired) electrons. The molecule has 6 heteroatoms. The van der Waals surface area contributed by atoms with Crippen LogP contribution in [0.4, 0.5) is 10.1 Å². The molecule has 26 heavy (non-hydrogen) atoms. The van der Waals surface area contributed by atoms with Crippen molar-refractivity contribution in [3.05, 3.63) is 65.5 Å². The van der Waals surface area contributed by atoms with Crippen molar-refractivity contribution in [2.75, 3.05) is 19.0 Å². The summed E-state index contributed by atoms with van der Waals surface area (Å²) in [4.78, 5) is 23.8. The van der Waals surface area contributed by atoms with E-state index in [-0.39, 0.29) is 18.2 Å². The Morgan fingerprint density at radius 3 is 2.65 bits per heavy atom. The zero-order valence-corrected chi connectivity index (χ0v) is 14.7. The Hall–Kier alpha value is -3.15. The number of nitrogens with one attached hydrogen (secondary N) is 2. The molecule has 0 spiro atoms. The predicted molar refractivity (Wildman–Crippen MR) is 99.4 cm³/mol. The minimum absolute atomic E-state index is 0.135. The fourth-order valence-corrected chi connectivity index (χ4v) is 2.33. The smallest absolute Gasteiger partial charge is 0.244 e. The number of benzene rings is 2. The highest BCUT2D eigenvalue weighted by Gasteiger charge is 2.07. The number of anilines is 1. The number of para-hydroxylation sites is 1. The van der Waals surface area contributed by atoms with Gasteiger partial charge in [-0.1, -0.05) is 31.2 Å². The van der Waals surface area contributed by atoms with Crippen LogP contribution in [-0.2, 0) is 16.0 Å². The number of hydrogen-bond acceptors (Lipinski definition) is 3. The number of aryl methyl sites for hydroxylation is 1. The average Bonchev–Trinajstić information content (AvgIpc) is 2.65. The summed E-state index contributed by atoms with van der Waals surface area (Å²) in [6.07, 6.45) is 3.50. The molecule has 2 aromatic carbocycles. The summed E-state index contributed by atoms with van der Waals surface area (Å²) < 4.78 is 18.4. The first-order chi connectivity index (χ1) is 12.5. The monoisotopic (exact) mass is 356 g/mol. The van der Waals surface area contributed by atoms with Crippen molar-refractivity contribution in [2.24, 2.45) is 0 Å². The molecular formula is C20H21FN2O3. The number of methoxy groups -OCH3 is 1. The molecule has 2 aromatic rings. The van der Waals surface area contributed by atoms with Crippen LogP contribution >= 0.6 is 0 Å². The molecule has 2 N–H and O–H groups in total. The second-order valence-electron chi connectivity index (χ2n) is 5.50. The molecule has 0 aliphatic rings. The number of carbonyl (C=O) groups excluding carboxylic acids is 2. The van der Waals surface area contributed by atoms with Crippen molar-refractivity contribution < 1.29 is 18.7 Å². The van der Waals surface area contributed by atoms with Gasteiger partial charge in [0, 0.05) is 11.8 Å². The van der Waals surface area contributed by atoms with Gasteiger partial charge < -0.3 is 15.4 Å². The lowest BCUT2D eigenvalue weighted by atomic mass is 10.1. The van der Waals surface area contributed by atoms with Crippen LogP contribution in [0.3, 0.4) is 0 Å². The number of rotatable bonds is 7. The van der Waals surface area contributed by atoms with Crippen LogP contribution in [0.1, 0.15) is 18.1 Å². The molecule has 0 saturated carbocycles. The highest BCUT2D eigenvalue weighted by atomic mass is 19.1. The second kappa shape index (κ2) is 9.36. The van der Waals surface area contributed by atoms with Gasteiger partial charge in [0.05, 0.1) is 13.7 Å². The number of ether oxygens (including phenoxy) is 1. The van der Waals surface area contributed by atoms with Crippen LogP contribution in [0.2, 0.25) is 0 Å². The molecule has 2 rings (SSSR count). The molecule has 0 bridgehead atoms. The van der Waals surface area contributed by atoms with Gasteiger partial charge in [0.2, 0.25) is 11.8 Å². The minimum Gasteiger partial charge on any atom is -0.494 e. The van der Waals surface area contributed by atoms with Crippen LogP contribution in [0, 0.1) is 5.82 Å². The maximum atomic E-state index is 13.6. The van der Waals surface area contributed by atoms with Crippen molar-refractivity contribution in [1.82, 2.24) is 5.32 Å². The van der Waals surface area contributed by atoms with Gasteiger partial charge in [-0.2, -0.15) is 0 Å². The SMILES string of the molecule is CCc1ccccc1NC(=O)CNC(=O)/C=C/c1ccc(OC)c(F)c1. The summed E-state index contributed by atoms with van der Waals surface area (Å²) in [5, 5.41) is 5.26. The van der Waals surface area contributed by atoms with Crippen LogP contribution < -0.4 is 15.4 Å². The van der Waals surface area contributed by atoms with Crippen LogP contribution in [0.5, 0.6) is 5.75 Å². The van der Waals surface area contributed by atoms with Crippen LogP contribution in [-0.4, -0.2) is 25.5 Å². The number of carbonyl (C=O) groups is 2. The van der Waals surface area contributed by atoms with E-state index in [2.05, 4.69) is 10.6 Å². The summed E-state index contributed by atoms with van der Waals surface area (Å²) >= 11 is 0. The molecular weight excluding hydrogens is 335 g/mol. The summed E-state index contributed by atoms with van der Waals surface area (Å²) in [6, 6.07) is 11.9. The molecule has 0 aromatic heterocycles. The van der Waals surface area contributed by atoms with Crippen molar-refractivity contribution in [3.63, 3.8) is 0 Å². The molecule has 5 nitrogen and oxygen atoms in total. The second-order valence-corrected chi connectivity index (χ2v) is 5.50. The molecule has 0 unspecified atom stereocenters. The Morgan fingerprint density at radius 1 is 1.19 bits per heavy atom. The molecule has 0 atom stereocenters. The van der Waals surface area contributed by atoms with E-state index in [9.17, 15) is 14.0 Å². The van der Waals surface area contributed by atoms with Gasteiger partial charge in [0.1, 0.15) is 0 Å². The van der Waals surface area contributed by atoms with E-state index in [1.807, 2.05) is 31.2 Å². The molecule has 2 amide bonds. The third-order valence-corrected chi connectivity index (χ3v) is 3.70. The fraction of sp³-hybridized carbons (Fsp3) is 0.200. The van der Waals surface area contributed by atoms with Crippen molar-refractivity contribution >= 4 is 23.6 Å². The lowest BCUT2D eigenvalue weighted by molar-refractivity contribution is -0.121. The first-order valence-corrected chi connectivity index (χ1v) is 8.20. The van der Waals surface area contributed by atoms with Gasteiger partial charge in [-0.3, -0.25) is 9.59 Å². The largest absolute Gasteiger partial charge is 0.494 e. The Morgan fingerprint density at radius 2 is 1.96 bits per heavy atom. The van der Waals surface area contributed by atoms with Gasteiger partial charge >= 0.3 is 0 Å². The maximum Gasteiger partial charge on any atom is 0.244 e. The lowest BCUT2D eigenvalue weighted by Crippen LogP contribution is -2.31. The first kappa shape index (κ1) is 19.2. The predicted octanol–water partition coefficient (Wildman–Crippen LogP) is 3.16. The first-order valence-electron chi connectivity index (χ1n) is 8.20. The van der Waals surface area contributed by atoms with E-state index in [0.717, 1.165) is 17.7 Å². The molecule has 0 fully saturated rings. The molecule has 0 saturated heterocycles. The molecule has 0 aliphatic carbocycles. The number of amides is 2. The van der Waals surface area contributed by atoms with Crippen LogP contribution in [0.15, 0.2) is 48.5 Å². The number of halogens is 1. The summed E-state index contributed by atoms with van der Waals surface area (Å²) in [5.41, 5.74) is 2.27. The van der Waals surface area contributed by atoms with E-state index in [1.165, 1.54) is 31.4 Å². The van der Waals surface area contributed by atoms with E-state index >= 15 is 0 Å². The standard InChI is InChI=1S/C20H21FN2O3/c1-3-15-6-4-5-7-17(15)23-20(25)13-22-19(24)11-9-14-8-10-18(26-2)16(21)12-14/h4-12H,3,13H2,1-2H3,(H,22,24)(H,23,25)/b11-9+. The fourth-order valence-electron chi connectivity index (χ4n) is 2.33. The Bertz CT molecular complexity index is 818. The Labute approximate surface area is 151 Å². The Balaban J connectivity index is 1.86. The normalized spacial score (nSPS) is 10.6. The average molecular weight is 356 g/mol.